The molecular weight excluding hydrogens is 252 g/mol. The zero-order chi connectivity index (χ0) is 13.0. The molecule has 0 aromatic heterocycles. The van der Waals surface area contributed by atoms with Crippen molar-refractivity contribution >= 4 is 16.8 Å². The summed E-state index contributed by atoms with van der Waals surface area (Å²) < 4.78 is 26.5. The van der Waals surface area contributed by atoms with Gasteiger partial charge in [0, 0.05) is 37.9 Å². The van der Waals surface area contributed by atoms with Gasteiger partial charge in [-0.25, -0.2) is 0 Å². The molecule has 1 saturated heterocycles. The van der Waals surface area contributed by atoms with E-state index in [9.17, 15) is 8.76 Å². The van der Waals surface area contributed by atoms with Gasteiger partial charge >= 0.3 is 0 Å². The summed E-state index contributed by atoms with van der Waals surface area (Å²) in [7, 11) is 1.65. The second-order valence-electron chi connectivity index (χ2n) is 4.24. The molecule has 1 aromatic carbocycles. The van der Waals surface area contributed by atoms with Crippen molar-refractivity contribution in [2.75, 3.05) is 44.1 Å². The molecule has 0 N–H and O–H groups in total. The first-order valence-corrected chi connectivity index (χ1v) is 7.10. The molecule has 2 rings (SSSR count). The normalized spacial score (nSPS) is 18.7. The molecule has 0 bridgehead atoms. The van der Waals surface area contributed by atoms with E-state index in [2.05, 4.69) is 4.90 Å². The molecule has 1 unspecified atom stereocenters. The highest BCUT2D eigenvalue weighted by Crippen LogP contribution is 2.21. The Morgan fingerprint density at radius 3 is 2.67 bits per heavy atom. The van der Waals surface area contributed by atoms with Gasteiger partial charge in [0.05, 0.1) is 13.0 Å². The minimum absolute atomic E-state index is 0.131. The molecule has 0 aliphatic carbocycles. The van der Waals surface area contributed by atoms with E-state index in [1.165, 1.54) is 0 Å². The molecule has 0 saturated carbocycles. The van der Waals surface area contributed by atoms with Crippen LogP contribution in [-0.4, -0.2) is 52.8 Å². The summed E-state index contributed by atoms with van der Waals surface area (Å²) in [5.41, 5.74) is 1.12. The molecule has 1 fully saturated rings. The van der Waals surface area contributed by atoms with E-state index in [-0.39, 0.29) is 5.88 Å². The zero-order valence-corrected chi connectivity index (χ0v) is 11.2. The Kier molecular flexibility index (Phi) is 4.57. The Hall–Kier alpha value is -1.11. The molecule has 1 aliphatic rings. The second-order valence-corrected chi connectivity index (χ2v) is 5.11. The maximum absolute atomic E-state index is 10.6. The maximum atomic E-state index is 10.6. The average Bonchev–Trinajstić information content (AvgIpc) is 2.39. The number of ether oxygens (including phenoxy) is 1. The molecule has 0 spiro atoms. The van der Waals surface area contributed by atoms with Crippen molar-refractivity contribution in [1.82, 2.24) is 4.90 Å². The third kappa shape index (κ3) is 3.44. The summed E-state index contributed by atoms with van der Waals surface area (Å²) in [6, 6.07) is 7.93. The second kappa shape index (κ2) is 6.17. The third-order valence-electron chi connectivity index (χ3n) is 3.08. The fourth-order valence-corrected chi connectivity index (χ4v) is 2.65. The van der Waals surface area contributed by atoms with Gasteiger partial charge in [-0.2, -0.15) is 0 Å². The Bertz CT molecular complexity index is 420. The Morgan fingerprint density at radius 2 is 2.06 bits per heavy atom. The lowest BCUT2D eigenvalue weighted by atomic mass is 10.2. The standard InChI is InChI=1S/C12H18N2O3S/c1-17-12-4-2-3-11(9-12)14-7-5-13(6-8-14)10-18(15)16/h2-4,9H,5-8,10H2,1H3,(H,15,16)/p-1. The zero-order valence-electron chi connectivity index (χ0n) is 10.4. The van der Waals surface area contributed by atoms with Crippen LogP contribution in [0.2, 0.25) is 0 Å². The molecule has 100 valence electrons. The number of anilines is 1. The molecular formula is C12H17N2O3S-. The van der Waals surface area contributed by atoms with Gasteiger partial charge in [-0.05, 0) is 23.2 Å². The van der Waals surface area contributed by atoms with Crippen molar-refractivity contribution in [1.29, 1.82) is 0 Å². The minimum atomic E-state index is -1.99. The molecule has 1 aliphatic heterocycles. The summed E-state index contributed by atoms with van der Waals surface area (Å²) in [6.45, 7) is 3.21. The van der Waals surface area contributed by atoms with Crippen LogP contribution in [0.3, 0.4) is 0 Å². The van der Waals surface area contributed by atoms with E-state index in [0.29, 0.717) is 0 Å². The SMILES string of the molecule is COc1cccc(N2CCN(CS(=O)[O-])CC2)c1. The van der Waals surface area contributed by atoms with E-state index >= 15 is 0 Å². The van der Waals surface area contributed by atoms with Crippen LogP contribution in [0, 0.1) is 0 Å². The molecule has 1 atom stereocenters. The highest BCUT2D eigenvalue weighted by molar-refractivity contribution is 7.79. The van der Waals surface area contributed by atoms with Crippen LogP contribution in [0.4, 0.5) is 5.69 Å². The molecule has 1 heterocycles. The predicted molar refractivity (Wildman–Crippen MR) is 70.6 cm³/mol. The van der Waals surface area contributed by atoms with Crippen molar-refractivity contribution in [3.8, 4) is 5.75 Å². The lowest BCUT2D eigenvalue weighted by Crippen LogP contribution is -2.47. The molecule has 5 nitrogen and oxygen atoms in total. The maximum Gasteiger partial charge on any atom is 0.120 e. The lowest BCUT2D eigenvalue weighted by Gasteiger charge is -2.36. The largest absolute Gasteiger partial charge is 0.771 e. The quantitative estimate of drug-likeness (QED) is 0.751. The fourth-order valence-electron chi connectivity index (χ4n) is 2.09. The van der Waals surface area contributed by atoms with Gasteiger partial charge in [-0.3, -0.25) is 9.11 Å². The van der Waals surface area contributed by atoms with Crippen LogP contribution >= 0.6 is 0 Å². The number of methoxy groups -OCH3 is 1. The van der Waals surface area contributed by atoms with Gasteiger partial charge in [-0.1, -0.05) is 6.07 Å². The summed E-state index contributed by atoms with van der Waals surface area (Å²) >= 11 is -1.99. The van der Waals surface area contributed by atoms with Crippen molar-refractivity contribution in [3.05, 3.63) is 24.3 Å². The van der Waals surface area contributed by atoms with Gasteiger partial charge in [-0.15, -0.1) is 0 Å². The smallest absolute Gasteiger partial charge is 0.120 e. The first-order valence-electron chi connectivity index (χ1n) is 5.86. The van der Waals surface area contributed by atoms with Crippen molar-refractivity contribution in [3.63, 3.8) is 0 Å². The number of nitrogens with zero attached hydrogens (tertiary/aromatic N) is 2. The molecule has 6 heteroatoms. The van der Waals surface area contributed by atoms with E-state index in [4.69, 9.17) is 4.74 Å². The minimum Gasteiger partial charge on any atom is -0.771 e. The van der Waals surface area contributed by atoms with Crippen LogP contribution in [-0.2, 0) is 11.1 Å². The van der Waals surface area contributed by atoms with E-state index < -0.39 is 11.1 Å². The summed E-state index contributed by atoms with van der Waals surface area (Å²) in [6.07, 6.45) is 0. The summed E-state index contributed by atoms with van der Waals surface area (Å²) in [5.74, 6) is 0.974. The monoisotopic (exact) mass is 269 g/mol. The Morgan fingerprint density at radius 1 is 1.33 bits per heavy atom. The van der Waals surface area contributed by atoms with Crippen LogP contribution < -0.4 is 9.64 Å². The highest BCUT2D eigenvalue weighted by atomic mass is 32.2. The summed E-state index contributed by atoms with van der Waals surface area (Å²) in [4.78, 5) is 4.19. The van der Waals surface area contributed by atoms with E-state index in [1.807, 2.05) is 29.2 Å². The van der Waals surface area contributed by atoms with Gasteiger partial charge in [0.25, 0.3) is 0 Å². The highest BCUT2D eigenvalue weighted by Gasteiger charge is 2.17. The van der Waals surface area contributed by atoms with Gasteiger partial charge in [0.1, 0.15) is 5.75 Å². The third-order valence-corrected chi connectivity index (χ3v) is 3.65. The van der Waals surface area contributed by atoms with E-state index in [0.717, 1.165) is 37.6 Å². The fraction of sp³-hybridized carbons (Fsp3) is 0.500. The van der Waals surface area contributed by atoms with Crippen LogP contribution in [0.15, 0.2) is 24.3 Å². The number of benzene rings is 1. The van der Waals surface area contributed by atoms with Crippen molar-refractivity contribution < 1.29 is 13.5 Å². The first-order chi connectivity index (χ1) is 8.69. The topological polar surface area (TPSA) is 55.8 Å². The van der Waals surface area contributed by atoms with Gasteiger partial charge in [0.15, 0.2) is 0 Å². The lowest BCUT2D eigenvalue weighted by molar-refractivity contribution is 0.291. The van der Waals surface area contributed by atoms with Crippen LogP contribution in [0.5, 0.6) is 5.75 Å². The predicted octanol–water partition coefficient (Wildman–Crippen LogP) is 0.654. The van der Waals surface area contributed by atoms with Crippen molar-refractivity contribution in [2.45, 2.75) is 0 Å². The van der Waals surface area contributed by atoms with Crippen LogP contribution in [0.1, 0.15) is 0 Å². The number of hydrogen-bond acceptors (Lipinski definition) is 5. The number of rotatable bonds is 4. The molecule has 1 aromatic rings. The number of piperazine rings is 1. The van der Waals surface area contributed by atoms with Crippen molar-refractivity contribution in [2.24, 2.45) is 0 Å². The van der Waals surface area contributed by atoms with Gasteiger partial charge in [0.2, 0.25) is 0 Å². The molecule has 0 radical (unpaired) electrons. The number of hydrogen-bond donors (Lipinski definition) is 0. The van der Waals surface area contributed by atoms with Gasteiger partial charge < -0.3 is 14.2 Å². The first kappa shape index (κ1) is 13.3. The van der Waals surface area contributed by atoms with Crippen LogP contribution in [0.25, 0.3) is 0 Å². The summed E-state index contributed by atoms with van der Waals surface area (Å²) in [5, 5.41) is 0. The molecule has 18 heavy (non-hydrogen) atoms. The average molecular weight is 269 g/mol. The molecule has 0 amide bonds. The Balaban J connectivity index is 1.94. The van der Waals surface area contributed by atoms with E-state index in [1.54, 1.807) is 7.11 Å². The Labute approximate surface area is 110 Å².